The standard InChI is InChI=1S/C21H30N4O2S/c1-5-25(6-2)14-17-9-7-16(8-10-17)13-22-19(26)12-11-18-15(3)23-21(28-4)24-20(18)27/h7-10H,5-6,11-14H2,1-4H3,(H,22,26)(H,23,24,27). The van der Waals surface area contributed by atoms with Gasteiger partial charge in [-0.05, 0) is 43.8 Å². The maximum atomic E-state index is 12.2. The molecule has 1 amide bonds. The zero-order valence-electron chi connectivity index (χ0n) is 17.2. The van der Waals surface area contributed by atoms with Gasteiger partial charge < -0.3 is 10.3 Å². The third-order valence-electron chi connectivity index (χ3n) is 4.81. The summed E-state index contributed by atoms with van der Waals surface area (Å²) in [7, 11) is 0. The average molecular weight is 403 g/mol. The summed E-state index contributed by atoms with van der Waals surface area (Å²) in [5.74, 6) is -0.0695. The number of benzene rings is 1. The van der Waals surface area contributed by atoms with Gasteiger partial charge in [-0.1, -0.05) is 49.9 Å². The first-order valence-electron chi connectivity index (χ1n) is 9.67. The Hall–Kier alpha value is -2.12. The van der Waals surface area contributed by atoms with Gasteiger partial charge in [0.15, 0.2) is 5.16 Å². The lowest BCUT2D eigenvalue weighted by atomic mass is 10.1. The lowest BCUT2D eigenvalue weighted by Crippen LogP contribution is -2.25. The lowest BCUT2D eigenvalue weighted by Gasteiger charge is -2.18. The van der Waals surface area contributed by atoms with Gasteiger partial charge in [-0.25, -0.2) is 4.98 Å². The second-order valence-corrected chi connectivity index (χ2v) is 7.49. The molecular weight excluding hydrogens is 372 g/mol. The Morgan fingerprint density at radius 3 is 2.39 bits per heavy atom. The molecule has 0 radical (unpaired) electrons. The number of carbonyl (C=O) groups is 1. The molecule has 28 heavy (non-hydrogen) atoms. The summed E-state index contributed by atoms with van der Waals surface area (Å²) < 4.78 is 0. The largest absolute Gasteiger partial charge is 0.352 e. The number of hydrogen-bond donors (Lipinski definition) is 2. The molecule has 0 saturated heterocycles. The first-order valence-corrected chi connectivity index (χ1v) is 10.9. The summed E-state index contributed by atoms with van der Waals surface area (Å²) in [5, 5.41) is 3.52. The van der Waals surface area contributed by atoms with Gasteiger partial charge in [0, 0.05) is 30.8 Å². The summed E-state index contributed by atoms with van der Waals surface area (Å²) in [4.78, 5) is 33.7. The number of hydrogen-bond acceptors (Lipinski definition) is 5. The van der Waals surface area contributed by atoms with Gasteiger partial charge in [-0.3, -0.25) is 14.5 Å². The molecule has 0 aliphatic carbocycles. The van der Waals surface area contributed by atoms with Gasteiger partial charge in [-0.15, -0.1) is 0 Å². The van der Waals surface area contributed by atoms with Crippen LogP contribution in [0.5, 0.6) is 0 Å². The van der Waals surface area contributed by atoms with E-state index in [9.17, 15) is 9.59 Å². The van der Waals surface area contributed by atoms with Crippen LogP contribution < -0.4 is 10.9 Å². The van der Waals surface area contributed by atoms with Gasteiger partial charge in [0.05, 0.1) is 0 Å². The summed E-state index contributed by atoms with van der Waals surface area (Å²) in [6, 6.07) is 8.33. The molecule has 2 aromatic rings. The van der Waals surface area contributed by atoms with E-state index >= 15 is 0 Å². The van der Waals surface area contributed by atoms with Crippen molar-refractivity contribution in [1.29, 1.82) is 0 Å². The Balaban J connectivity index is 1.84. The maximum Gasteiger partial charge on any atom is 0.254 e. The highest BCUT2D eigenvalue weighted by Crippen LogP contribution is 2.10. The summed E-state index contributed by atoms with van der Waals surface area (Å²) in [6.07, 6.45) is 2.52. The van der Waals surface area contributed by atoms with Gasteiger partial charge in [0.1, 0.15) is 0 Å². The van der Waals surface area contributed by atoms with Crippen LogP contribution in [0.2, 0.25) is 0 Å². The van der Waals surface area contributed by atoms with E-state index in [0.29, 0.717) is 29.4 Å². The van der Waals surface area contributed by atoms with Crippen molar-refractivity contribution in [3.63, 3.8) is 0 Å². The van der Waals surface area contributed by atoms with E-state index in [2.05, 4.69) is 58.3 Å². The normalized spacial score (nSPS) is 11.0. The molecule has 0 saturated carbocycles. The molecular formula is C21H30N4O2S. The molecule has 2 rings (SSSR count). The number of aromatic amines is 1. The monoisotopic (exact) mass is 402 g/mol. The number of aromatic nitrogens is 2. The van der Waals surface area contributed by atoms with Crippen LogP contribution in [0.4, 0.5) is 0 Å². The molecule has 0 unspecified atom stereocenters. The summed E-state index contributed by atoms with van der Waals surface area (Å²) in [5.41, 5.74) is 3.44. The fourth-order valence-corrected chi connectivity index (χ4v) is 3.39. The quantitative estimate of drug-likeness (QED) is 0.472. The predicted octanol–water partition coefficient (Wildman–Crippen LogP) is 2.89. The molecule has 0 spiro atoms. The van der Waals surface area contributed by atoms with Crippen LogP contribution in [0.25, 0.3) is 0 Å². The van der Waals surface area contributed by atoms with Gasteiger partial charge in [-0.2, -0.15) is 0 Å². The van der Waals surface area contributed by atoms with E-state index in [1.807, 2.05) is 13.2 Å². The Morgan fingerprint density at radius 1 is 1.18 bits per heavy atom. The fraction of sp³-hybridized carbons (Fsp3) is 0.476. The molecule has 0 atom stereocenters. The van der Waals surface area contributed by atoms with Crippen LogP contribution in [0, 0.1) is 6.92 Å². The zero-order chi connectivity index (χ0) is 20.5. The van der Waals surface area contributed by atoms with Crippen molar-refractivity contribution in [3.8, 4) is 0 Å². The second-order valence-electron chi connectivity index (χ2n) is 6.69. The van der Waals surface area contributed by atoms with Crippen LogP contribution in [0.15, 0.2) is 34.2 Å². The predicted molar refractivity (Wildman–Crippen MR) is 115 cm³/mol. The molecule has 1 heterocycles. The molecule has 7 heteroatoms. The molecule has 1 aromatic carbocycles. The van der Waals surface area contributed by atoms with Crippen molar-refractivity contribution in [1.82, 2.24) is 20.2 Å². The Bertz CT molecular complexity index is 829. The number of carbonyl (C=O) groups excluding carboxylic acids is 1. The van der Waals surface area contributed by atoms with E-state index in [1.165, 1.54) is 17.3 Å². The molecule has 0 aliphatic rings. The van der Waals surface area contributed by atoms with E-state index < -0.39 is 0 Å². The molecule has 0 fully saturated rings. The van der Waals surface area contributed by atoms with Crippen molar-refractivity contribution >= 4 is 17.7 Å². The molecule has 152 valence electrons. The van der Waals surface area contributed by atoms with Gasteiger partial charge >= 0.3 is 0 Å². The number of aryl methyl sites for hydroxylation is 1. The highest BCUT2D eigenvalue weighted by atomic mass is 32.2. The minimum absolute atomic E-state index is 0.0695. The van der Waals surface area contributed by atoms with Crippen LogP contribution in [-0.4, -0.2) is 40.1 Å². The third-order valence-corrected chi connectivity index (χ3v) is 5.39. The van der Waals surface area contributed by atoms with Crippen molar-refractivity contribution < 1.29 is 4.79 Å². The third kappa shape index (κ3) is 6.49. The van der Waals surface area contributed by atoms with Crippen LogP contribution >= 0.6 is 11.8 Å². The summed E-state index contributed by atoms with van der Waals surface area (Å²) in [6.45, 7) is 9.63. The Kier molecular flexibility index (Phi) is 8.73. The van der Waals surface area contributed by atoms with Crippen LogP contribution in [-0.2, 0) is 24.3 Å². The zero-order valence-corrected chi connectivity index (χ0v) is 18.0. The minimum Gasteiger partial charge on any atom is -0.352 e. The van der Waals surface area contributed by atoms with E-state index in [4.69, 9.17) is 0 Å². The highest BCUT2D eigenvalue weighted by Gasteiger charge is 2.10. The minimum atomic E-state index is -0.159. The van der Waals surface area contributed by atoms with Crippen molar-refractivity contribution in [2.45, 2.75) is 51.9 Å². The smallest absolute Gasteiger partial charge is 0.254 e. The van der Waals surface area contributed by atoms with Crippen molar-refractivity contribution in [2.24, 2.45) is 0 Å². The maximum absolute atomic E-state index is 12.2. The van der Waals surface area contributed by atoms with Gasteiger partial charge in [0.2, 0.25) is 5.91 Å². The van der Waals surface area contributed by atoms with Gasteiger partial charge in [0.25, 0.3) is 5.56 Å². The number of amides is 1. The molecule has 2 N–H and O–H groups in total. The average Bonchev–Trinajstić information content (AvgIpc) is 2.70. The van der Waals surface area contributed by atoms with Crippen LogP contribution in [0.3, 0.4) is 0 Å². The molecule has 1 aromatic heterocycles. The first-order chi connectivity index (χ1) is 13.5. The van der Waals surface area contributed by atoms with Crippen molar-refractivity contribution in [3.05, 3.63) is 57.0 Å². The van der Waals surface area contributed by atoms with Crippen molar-refractivity contribution in [2.75, 3.05) is 19.3 Å². The number of nitrogens with zero attached hydrogens (tertiary/aromatic N) is 2. The van der Waals surface area contributed by atoms with Crippen LogP contribution in [0.1, 0.15) is 42.7 Å². The number of thioether (sulfide) groups is 1. The topological polar surface area (TPSA) is 78.1 Å². The van der Waals surface area contributed by atoms with E-state index in [-0.39, 0.29) is 17.9 Å². The first kappa shape index (κ1) is 22.2. The number of nitrogens with one attached hydrogen (secondary N) is 2. The highest BCUT2D eigenvalue weighted by molar-refractivity contribution is 7.98. The fourth-order valence-electron chi connectivity index (χ4n) is 2.97. The second kappa shape index (κ2) is 11.0. The SMILES string of the molecule is CCN(CC)Cc1ccc(CNC(=O)CCc2c(C)nc(SC)[nH]c2=O)cc1. The molecule has 6 nitrogen and oxygen atoms in total. The number of H-pyrrole nitrogens is 1. The summed E-state index contributed by atoms with van der Waals surface area (Å²) >= 11 is 1.39. The van der Waals surface area contributed by atoms with E-state index in [0.717, 1.165) is 25.2 Å². The Labute approximate surface area is 171 Å². The molecule has 0 bridgehead atoms. The number of rotatable bonds is 10. The lowest BCUT2D eigenvalue weighted by molar-refractivity contribution is -0.121. The Morgan fingerprint density at radius 2 is 1.82 bits per heavy atom. The molecule has 0 aliphatic heterocycles. The van der Waals surface area contributed by atoms with E-state index in [1.54, 1.807) is 0 Å².